The molecule has 9 heteroatoms. The minimum atomic E-state index is -0.809. The minimum Gasteiger partial charge on any atom is -0.494 e. The van der Waals surface area contributed by atoms with E-state index in [0.717, 1.165) is 26.9 Å². The summed E-state index contributed by atoms with van der Waals surface area (Å²) in [6.07, 6.45) is 3.39. The van der Waals surface area contributed by atoms with Crippen LogP contribution in [0.25, 0.3) is 6.08 Å². The van der Waals surface area contributed by atoms with E-state index in [4.69, 9.17) is 14.2 Å². The molecule has 1 saturated heterocycles. The predicted molar refractivity (Wildman–Crippen MR) is 157 cm³/mol. The number of rotatable bonds is 11. The van der Waals surface area contributed by atoms with E-state index in [2.05, 4.69) is 34.8 Å². The van der Waals surface area contributed by atoms with Crippen LogP contribution in [0.3, 0.4) is 0 Å². The summed E-state index contributed by atoms with van der Waals surface area (Å²) >= 11 is 2.13. The fourth-order valence-corrected chi connectivity index (χ4v) is 4.67. The number of barbiturate groups is 1. The van der Waals surface area contributed by atoms with Gasteiger partial charge in [0.25, 0.3) is 11.8 Å². The van der Waals surface area contributed by atoms with Crippen molar-refractivity contribution in [1.82, 2.24) is 5.32 Å². The molecule has 39 heavy (non-hydrogen) atoms. The summed E-state index contributed by atoms with van der Waals surface area (Å²) in [7, 11) is 0. The first-order valence-corrected chi connectivity index (χ1v) is 13.8. The molecule has 3 aromatic carbocycles. The molecule has 1 aliphatic heterocycles. The van der Waals surface area contributed by atoms with Gasteiger partial charge in [0.1, 0.15) is 17.9 Å². The summed E-state index contributed by atoms with van der Waals surface area (Å²) in [5.74, 6) is 0.207. The van der Waals surface area contributed by atoms with Crippen molar-refractivity contribution in [3.8, 4) is 17.2 Å². The number of ether oxygens (including phenoxy) is 3. The Morgan fingerprint density at radius 2 is 1.67 bits per heavy atom. The van der Waals surface area contributed by atoms with E-state index in [1.165, 1.54) is 6.08 Å². The summed E-state index contributed by atoms with van der Waals surface area (Å²) in [5.41, 5.74) is 1.72. The Morgan fingerprint density at radius 1 is 0.923 bits per heavy atom. The highest BCUT2D eigenvalue weighted by molar-refractivity contribution is 14.1. The highest BCUT2D eigenvalue weighted by Crippen LogP contribution is 2.36. The largest absolute Gasteiger partial charge is 0.494 e. The number of nitrogens with zero attached hydrogens (tertiary/aromatic N) is 1. The smallest absolute Gasteiger partial charge is 0.335 e. The normalized spacial score (nSPS) is 14.4. The standard InChI is InChI=1S/C30H29IN2O6/c1-3-5-15-38-23-13-11-22(12-14-23)33-29(35)24(28(34)32-30(33)36)16-21-17-25(31)27(26(18-21)37-4-2)39-19-20-9-7-6-8-10-20/h6-14,16-18H,3-5,15,19H2,1-2H3,(H,32,34,36)/b24-16-. The van der Waals surface area contributed by atoms with E-state index in [1.807, 2.05) is 37.3 Å². The van der Waals surface area contributed by atoms with Gasteiger partial charge in [-0.25, -0.2) is 9.69 Å². The SMILES string of the molecule is CCCCOc1ccc(N2C(=O)NC(=O)/C(=C/c3cc(I)c(OCc4ccccc4)c(OCC)c3)C2=O)cc1. The molecule has 4 rings (SSSR count). The van der Waals surface area contributed by atoms with Crippen molar-refractivity contribution >= 4 is 52.2 Å². The van der Waals surface area contributed by atoms with Crippen LogP contribution >= 0.6 is 22.6 Å². The Morgan fingerprint density at radius 3 is 2.36 bits per heavy atom. The second kappa shape index (κ2) is 13.3. The third-order valence-corrected chi connectivity index (χ3v) is 6.63. The molecule has 3 aromatic rings. The Labute approximate surface area is 241 Å². The van der Waals surface area contributed by atoms with Gasteiger partial charge < -0.3 is 14.2 Å². The summed E-state index contributed by atoms with van der Waals surface area (Å²) in [6, 6.07) is 19.1. The van der Waals surface area contributed by atoms with Crippen molar-refractivity contribution in [2.75, 3.05) is 18.1 Å². The predicted octanol–water partition coefficient (Wildman–Crippen LogP) is 6.11. The number of benzene rings is 3. The monoisotopic (exact) mass is 640 g/mol. The quantitative estimate of drug-likeness (QED) is 0.118. The molecule has 1 aliphatic rings. The fourth-order valence-electron chi connectivity index (χ4n) is 3.89. The van der Waals surface area contributed by atoms with Crippen molar-refractivity contribution in [1.29, 1.82) is 0 Å². The van der Waals surface area contributed by atoms with Crippen LogP contribution in [-0.4, -0.2) is 31.1 Å². The topological polar surface area (TPSA) is 94.2 Å². The Hall–Kier alpha value is -3.86. The van der Waals surface area contributed by atoms with E-state index in [9.17, 15) is 14.4 Å². The maximum absolute atomic E-state index is 13.4. The molecule has 8 nitrogen and oxygen atoms in total. The Balaban J connectivity index is 1.59. The summed E-state index contributed by atoms with van der Waals surface area (Å²) in [4.78, 5) is 39.6. The number of urea groups is 1. The van der Waals surface area contributed by atoms with Gasteiger partial charge in [0.2, 0.25) is 0 Å². The van der Waals surface area contributed by atoms with E-state index >= 15 is 0 Å². The molecule has 0 aliphatic carbocycles. The van der Waals surface area contributed by atoms with Crippen LogP contribution in [0.1, 0.15) is 37.8 Å². The number of imide groups is 2. The Kier molecular flexibility index (Phi) is 9.59. The Bertz CT molecular complexity index is 1370. The highest BCUT2D eigenvalue weighted by atomic mass is 127. The van der Waals surface area contributed by atoms with Crippen molar-refractivity contribution in [2.45, 2.75) is 33.3 Å². The van der Waals surface area contributed by atoms with E-state index in [-0.39, 0.29) is 5.57 Å². The van der Waals surface area contributed by atoms with Gasteiger partial charge in [0, 0.05) is 0 Å². The molecular formula is C30H29IN2O6. The number of unbranched alkanes of at least 4 members (excludes halogenated alkanes) is 1. The summed E-state index contributed by atoms with van der Waals surface area (Å²) < 4.78 is 18.3. The third-order valence-electron chi connectivity index (χ3n) is 5.83. The van der Waals surface area contributed by atoms with Crippen molar-refractivity contribution in [2.24, 2.45) is 0 Å². The second-order valence-corrected chi connectivity index (χ2v) is 9.85. The lowest BCUT2D eigenvalue weighted by molar-refractivity contribution is -0.122. The highest BCUT2D eigenvalue weighted by Gasteiger charge is 2.37. The summed E-state index contributed by atoms with van der Waals surface area (Å²) in [5, 5.41) is 2.26. The van der Waals surface area contributed by atoms with E-state index in [1.54, 1.807) is 36.4 Å². The van der Waals surface area contributed by atoms with Crippen LogP contribution in [0.4, 0.5) is 10.5 Å². The van der Waals surface area contributed by atoms with Gasteiger partial charge in [-0.05, 0) is 89.5 Å². The average molecular weight is 640 g/mol. The lowest BCUT2D eigenvalue weighted by atomic mass is 10.1. The second-order valence-electron chi connectivity index (χ2n) is 8.69. The van der Waals surface area contributed by atoms with Crippen LogP contribution in [0.5, 0.6) is 17.2 Å². The molecule has 0 radical (unpaired) electrons. The van der Waals surface area contributed by atoms with Crippen LogP contribution in [0.2, 0.25) is 0 Å². The molecule has 0 unspecified atom stereocenters. The average Bonchev–Trinajstić information content (AvgIpc) is 2.92. The van der Waals surface area contributed by atoms with Crippen molar-refractivity contribution < 1.29 is 28.6 Å². The molecule has 0 atom stereocenters. The van der Waals surface area contributed by atoms with E-state index < -0.39 is 17.8 Å². The number of anilines is 1. The van der Waals surface area contributed by atoms with Crippen LogP contribution in [0, 0.1) is 3.57 Å². The van der Waals surface area contributed by atoms with Gasteiger partial charge in [-0.15, -0.1) is 0 Å². The van der Waals surface area contributed by atoms with Crippen molar-refractivity contribution in [3.63, 3.8) is 0 Å². The number of amides is 4. The van der Waals surface area contributed by atoms with Gasteiger partial charge in [0.05, 0.1) is 22.5 Å². The molecule has 1 fully saturated rings. The molecule has 4 amide bonds. The van der Waals surface area contributed by atoms with Gasteiger partial charge in [-0.2, -0.15) is 0 Å². The zero-order chi connectivity index (χ0) is 27.8. The molecule has 0 spiro atoms. The number of halogens is 1. The molecule has 0 bridgehead atoms. The number of hydrogen-bond acceptors (Lipinski definition) is 6. The van der Waals surface area contributed by atoms with Gasteiger partial charge in [-0.3, -0.25) is 14.9 Å². The van der Waals surface area contributed by atoms with E-state index in [0.29, 0.717) is 48.3 Å². The number of hydrogen-bond donors (Lipinski definition) is 1. The molecule has 1 N–H and O–H groups in total. The van der Waals surface area contributed by atoms with Crippen LogP contribution in [0.15, 0.2) is 72.3 Å². The first-order valence-electron chi connectivity index (χ1n) is 12.7. The first kappa shape index (κ1) is 28.2. The van der Waals surface area contributed by atoms with Crippen LogP contribution < -0.4 is 24.4 Å². The first-order chi connectivity index (χ1) is 18.9. The minimum absolute atomic E-state index is 0.172. The number of carbonyl (C=O) groups is 3. The van der Waals surface area contributed by atoms with Crippen LogP contribution in [-0.2, 0) is 16.2 Å². The maximum atomic E-state index is 13.4. The van der Waals surface area contributed by atoms with Crippen molar-refractivity contribution in [3.05, 3.63) is 87.0 Å². The zero-order valence-corrected chi connectivity index (χ0v) is 23.9. The lowest BCUT2D eigenvalue weighted by Gasteiger charge is -2.26. The fraction of sp³-hybridized carbons (Fsp3) is 0.233. The summed E-state index contributed by atoms with van der Waals surface area (Å²) in [6.45, 7) is 5.28. The maximum Gasteiger partial charge on any atom is 0.335 e. The van der Waals surface area contributed by atoms with Gasteiger partial charge in [-0.1, -0.05) is 43.7 Å². The molecule has 202 valence electrons. The number of carbonyl (C=O) groups excluding carboxylic acids is 3. The molecule has 0 saturated carbocycles. The van der Waals surface area contributed by atoms with Gasteiger partial charge in [0.15, 0.2) is 11.5 Å². The molecule has 1 heterocycles. The third kappa shape index (κ3) is 6.97. The lowest BCUT2D eigenvalue weighted by Crippen LogP contribution is -2.54. The van der Waals surface area contributed by atoms with Gasteiger partial charge >= 0.3 is 6.03 Å². The molecule has 0 aromatic heterocycles. The molecular weight excluding hydrogens is 611 g/mol. The number of nitrogens with one attached hydrogen (secondary N) is 1. The zero-order valence-electron chi connectivity index (χ0n) is 21.7.